The standard InChI is InChI=1S/C11H9ClO2/c1-8(13)10(11(12)14)7-9-5-3-2-4-6-9/h2-7H,1H3. The summed E-state index contributed by atoms with van der Waals surface area (Å²) in [5, 5.41) is -0.721. The van der Waals surface area contributed by atoms with Gasteiger partial charge in [-0.05, 0) is 30.2 Å². The summed E-state index contributed by atoms with van der Waals surface area (Å²) >= 11 is 5.26. The third-order valence-electron chi connectivity index (χ3n) is 1.70. The second-order valence-corrected chi connectivity index (χ2v) is 3.14. The van der Waals surface area contributed by atoms with Crippen molar-refractivity contribution < 1.29 is 9.59 Å². The molecule has 14 heavy (non-hydrogen) atoms. The molecule has 0 aromatic heterocycles. The third-order valence-corrected chi connectivity index (χ3v) is 1.91. The number of hydrogen-bond donors (Lipinski definition) is 0. The van der Waals surface area contributed by atoms with E-state index in [2.05, 4.69) is 0 Å². The maximum Gasteiger partial charge on any atom is 0.255 e. The molecule has 0 heterocycles. The topological polar surface area (TPSA) is 34.1 Å². The largest absolute Gasteiger partial charge is 0.294 e. The molecule has 0 fully saturated rings. The molecule has 1 rings (SSSR count). The minimum absolute atomic E-state index is 0.0119. The van der Waals surface area contributed by atoms with Crippen molar-refractivity contribution >= 4 is 28.7 Å². The maximum absolute atomic E-state index is 11.0. The van der Waals surface area contributed by atoms with E-state index in [0.29, 0.717) is 0 Å². The summed E-state index contributed by atoms with van der Waals surface area (Å²) in [5.74, 6) is -0.325. The van der Waals surface area contributed by atoms with Crippen molar-refractivity contribution in [2.75, 3.05) is 0 Å². The number of hydrogen-bond acceptors (Lipinski definition) is 2. The van der Waals surface area contributed by atoms with Crippen LogP contribution in [0.15, 0.2) is 35.9 Å². The third kappa shape index (κ3) is 2.82. The first kappa shape index (κ1) is 10.7. The number of allylic oxidation sites excluding steroid dienone is 1. The molecule has 0 aliphatic rings. The van der Waals surface area contributed by atoms with Gasteiger partial charge in [-0.1, -0.05) is 30.3 Å². The molecule has 1 aromatic rings. The summed E-state index contributed by atoms with van der Waals surface area (Å²) in [6.07, 6.45) is 1.48. The molecule has 0 unspecified atom stereocenters. The number of benzene rings is 1. The van der Waals surface area contributed by atoms with Crippen LogP contribution in [0.25, 0.3) is 6.08 Å². The Bertz CT molecular complexity index is 364. The molecule has 0 atom stereocenters. The number of Topliss-reactive ketones (excluding diaryl/α,β-unsaturated/α-hetero) is 1. The molecule has 0 saturated carbocycles. The fourth-order valence-corrected chi connectivity index (χ4v) is 1.20. The molecule has 0 aliphatic heterocycles. The number of halogens is 1. The molecular formula is C11H9ClO2. The van der Waals surface area contributed by atoms with E-state index in [1.165, 1.54) is 13.0 Å². The molecule has 3 heteroatoms. The normalized spacial score (nSPS) is 11.1. The number of carbonyl (C=O) groups is 2. The van der Waals surface area contributed by atoms with Gasteiger partial charge in [0.15, 0.2) is 5.78 Å². The van der Waals surface area contributed by atoms with Crippen LogP contribution in [0.5, 0.6) is 0 Å². The lowest BCUT2D eigenvalue weighted by atomic mass is 10.1. The highest BCUT2D eigenvalue weighted by molar-refractivity contribution is 6.71. The smallest absolute Gasteiger partial charge is 0.255 e. The molecule has 0 radical (unpaired) electrons. The highest BCUT2D eigenvalue weighted by Gasteiger charge is 2.10. The molecule has 0 spiro atoms. The Labute approximate surface area is 87.2 Å². The van der Waals surface area contributed by atoms with E-state index in [0.717, 1.165) is 5.56 Å². The summed E-state index contributed by atoms with van der Waals surface area (Å²) in [5.41, 5.74) is 0.796. The first-order valence-corrected chi connectivity index (χ1v) is 4.46. The van der Waals surface area contributed by atoms with Crippen LogP contribution in [0.3, 0.4) is 0 Å². The van der Waals surface area contributed by atoms with Crippen molar-refractivity contribution in [3.63, 3.8) is 0 Å². The first-order chi connectivity index (χ1) is 6.61. The minimum Gasteiger partial charge on any atom is -0.294 e. The zero-order chi connectivity index (χ0) is 10.6. The Hall–Kier alpha value is -1.41. The Morgan fingerprint density at radius 3 is 2.21 bits per heavy atom. The van der Waals surface area contributed by atoms with Crippen LogP contribution >= 0.6 is 11.6 Å². The van der Waals surface area contributed by atoms with E-state index < -0.39 is 5.24 Å². The van der Waals surface area contributed by atoms with Gasteiger partial charge < -0.3 is 0 Å². The van der Waals surface area contributed by atoms with Crippen molar-refractivity contribution in [3.05, 3.63) is 41.5 Å². The lowest BCUT2D eigenvalue weighted by Crippen LogP contribution is -2.03. The zero-order valence-corrected chi connectivity index (χ0v) is 8.41. The van der Waals surface area contributed by atoms with Crippen LogP contribution in [0, 0.1) is 0 Å². The van der Waals surface area contributed by atoms with Gasteiger partial charge in [-0.2, -0.15) is 0 Å². The van der Waals surface area contributed by atoms with E-state index in [4.69, 9.17) is 11.6 Å². The van der Waals surface area contributed by atoms with Crippen LogP contribution < -0.4 is 0 Å². The van der Waals surface area contributed by atoms with E-state index in [-0.39, 0.29) is 11.4 Å². The monoisotopic (exact) mass is 208 g/mol. The van der Waals surface area contributed by atoms with Crippen molar-refractivity contribution in [1.82, 2.24) is 0 Å². The highest BCUT2D eigenvalue weighted by Crippen LogP contribution is 2.09. The zero-order valence-electron chi connectivity index (χ0n) is 7.66. The molecule has 0 N–H and O–H groups in total. The fraction of sp³-hybridized carbons (Fsp3) is 0.0909. The van der Waals surface area contributed by atoms with Gasteiger partial charge >= 0.3 is 0 Å². The second-order valence-electron chi connectivity index (χ2n) is 2.80. The van der Waals surface area contributed by atoms with Crippen LogP contribution in [-0.4, -0.2) is 11.0 Å². The Morgan fingerprint density at radius 1 is 1.21 bits per heavy atom. The molecule has 0 bridgehead atoms. The van der Waals surface area contributed by atoms with Gasteiger partial charge in [0.25, 0.3) is 5.24 Å². The minimum atomic E-state index is -0.721. The quantitative estimate of drug-likeness (QED) is 0.331. The van der Waals surface area contributed by atoms with Gasteiger partial charge in [0.05, 0.1) is 5.57 Å². The van der Waals surface area contributed by atoms with Crippen molar-refractivity contribution in [3.8, 4) is 0 Å². The molecule has 0 amide bonds. The highest BCUT2D eigenvalue weighted by atomic mass is 35.5. The van der Waals surface area contributed by atoms with Crippen LogP contribution in [0.2, 0.25) is 0 Å². The van der Waals surface area contributed by atoms with Crippen molar-refractivity contribution in [2.45, 2.75) is 6.92 Å². The van der Waals surface area contributed by atoms with Crippen LogP contribution in [0.4, 0.5) is 0 Å². The number of carbonyl (C=O) groups excluding carboxylic acids is 2. The van der Waals surface area contributed by atoms with Crippen molar-refractivity contribution in [1.29, 1.82) is 0 Å². The average Bonchev–Trinajstić information content (AvgIpc) is 2.15. The summed E-state index contributed by atoms with van der Waals surface area (Å²) < 4.78 is 0. The summed E-state index contributed by atoms with van der Waals surface area (Å²) in [4.78, 5) is 21.9. The summed E-state index contributed by atoms with van der Waals surface area (Å²) in [6.45, 7) is 1.31. The summed E-state index contributed by atoms with van der Waals surface area (Å²) in [7, 11) is 0. The fourth-order valence-electron chi connectivity index (χ4n) is 1.01. The molecule has 0 aliphatic carbocycles. The maximum atomic E-state index is 11.0. The Balaban J connectivity index is 3.06. The van der Waals surface area contributed by atoms with Crippen LogP contribution in [-0.2, 0) is 9.59 Å². The Kier molecular flexibility index (Phi) is 3.60. The predicted octanol–water partition coefficient (Wildman–Crippen LogP) is 2.42. The van der Waals surface area contributed by atoms with Crippen molar-refractivity contribution in [2.24, 2.45) is 0 Å². The van der Waals surface area contributed by atoms with Gasteiger partial charge in [-0.3, -0.25) is 9.59 Å². The lowest BCUT2D eigenvalue weighted by molar-refractivity contribution is -0.116. The molecule has 2 nitrogen and oxygen atoms in total. The van der Waals surface area contributed by atoms with Gasteiger partial charge in [0, 0.05) is 0 Å². The molecule has 1 aromatic carbocycles. The van der Waals surface area contributed by atoms with Crippen LogP contribution in [0.1, 0.15) is 12.5 Å². The van der Waals surface area contributed by atoms with Gasteiger partial charge in [-0.25, -0.2) is 0 Å². The van der Waals surface area contributed by atoms with E-state index >= 15 is 0 Å². The van der Waals surface area contributed by atoms with Gasteiger partial charge in [0.2, 0.25) is 0 Å². The predicted molar refractivity (Wildman–Crippen MR) is 56.0 cm³/mol. The van der Waals surface area contributed by atoms with Gasteiger partial charge in [-0.15, -0.1) is 0 Å². The second kappa shape index (κ2) is 4.72. The molecular weight excluding hydrogens is 200 g/mol. The molecule has 0 saturated heterocycles. The average molecular weight is 209 g/mol. The van der Waals surface area contributed by atoms with Gasteiger partial charge in [0.1, 0.15) is 0 Å². The summed E-state index contributed by atoms with van der Waals surface area (Å²) in [6, 6.07) is 9.09. The lowest BCUT2D eigenvalue weighted by Gasteiger charge is -1.96. The van der Waals surface area contributed by atoms with E-state index in [9.17, 15) is 9.59 Å². The number of rotatable bonds is 3. The Morgan fingerprint density at radius 2 is 1.79 bits per heavy atom. The number of ketones is 1. The molecule has 72 valence electrons. The first-order valence-electron chi connectivity index (χ1n) is 4.09. The van der Waals surface area contributed by atoms with E-state index in [1.54, 1.807) is 12.1 Å². The SMILES string of the molecule is CC(=O)C(=Cc1ccccc1)C(=O)Cl. The van der Waals surface area contributed by atoms with E-state index in [1.807, 2.05) is 18.2 Å².